The lowest BCUT2D eigenvalue weighted by Crippen LogP contribution is -2.35. The number of aliphatic hydroxyl groups excluding tert-OH is 1. The Morgan fingerprint density at radius 3 is 2.52 bits per heavy atom. The van der Waals surface area contributed by atoms with Crippen molar-refractivity contribution >= 4 is 17.4 Å². The molecule has 1 aliphatic heterocycles. The van der Waals surface area contributed by atoms with Crippen molar-refractivity contribution in [3.63, 3.8) is 0 Å². The van der Waals surface area contributed by atoms with Gasteiger partial charge in [-0.15, -0.1) is 0 Å². The number of amides is 1. The van der Waals surface area contributed by atoms with Crippen molar-refractivity contribution in [1.82, 2.24) is 9.80 Å². The molecular weight excluding hydrogens is 400 g/mol. The van der Waals surface area contributed by atoms with Crippen molar-refractivity contribution in [3.05, 3.63) is 53.5 Å². The number of carbonyl (C=O) groups excluding carboxylic acids is 2. The summed E-state index contributed by atoms with van der Waals surface area (Å²) >= 11 is 0. The summed E-state index contributed by atoms with van der Waals surface area (Å²) in [6.07, 6.45) is 1.48. The van der Waals surface area contributed by atoms with Crippen LogP contribution in [-0.2, 0) is 9.59 Å². The van der Waals surface area contributed by atoms with E-state index < -0.39 is 17.7 Å². The molecule has 2 heterocycles. The Balaban J connectivity index is 2.13. The van der Waals surface area contributed by atoms with E-state index in [0.29, 0.717) is 49.1 Å². The highest BCUT2D eigenvalue weighted by Crippen LogP contribution is 2.41. The zero-order chi connectivity index (χ0) is 22.5. The molecule has 31 heavy (non-hydrogen) atoms. The first kappa shape index (κ1) is 22.4. The summed E-state index contributed by atoms with van der Waals surface area (Å²) in [4.78, 5) is 29.2. The van der Waals surface area contributed by atoms with Crippen LogP contribution in [0.1, 0.15) is 31.2 Å². The number of carbonyl (C=O) groups is 2. The van der Waals surface area contributed by atoms with Crippen LogP contribution in [0.25, 0.3) is 5.76 Å². The molecule has 1 saturated heterocycles. The van der Waals surface area contributed by atoms with E-state index in [-0.39, 0.29) is 11.3 Å². The maximum Gasteiger partial charge on any atom is 0.295 e. The fourth-order valence-electron chi connectivity index (χ4n) is 3.54. The number of ketones is 1. The Labute approximate surface area is 181 Å². The van der Waals surface area contributed by atoms with Crippen LogP contribution in [0.4, 0.5) is 0 Å². The molecule has 1 fully saturated rings. The fraction of sp³-hybridized carbons (Fsp3) is 0.391. The summed E-state index contributed by atoms with van der Waals surface area (Å²) in [5, 5.41) is 11.2. The van der Waals surface area contributed by atoms with Crippen molar-refractivity contribution in [3.8, 4) is 11.5 Å². The normalized spacial score (nSPS) is 18.1. The second-order valence-corrected chi connectivity index (χ2v) is 7.34. The molecule has 8 nitrogen and oxygen atoms in total. The molecule has 1 unspecified atom stereocenters. The number of likely N-dealkylation sites (tertiary alicyclic amines) is 1. The second kappa shape index (κ2) is 9.70. The maximum absolute atomic E-state index is 13.0. The minimum Gasteiger partial charge on any atom is -0.507 e. The molecule has 1 N–H and O–H groups in total. The van der Waals surface area contributed by atoms with Gasteiger partial charge < -0.3 is 28.8 Å². The molecule has 2 aromatic rings. The summed E-state index contributed by atoms with van der Waals surface area (Å²) in [5.74, 6) is -0.384. The number of hydrogen-bond donors (Lipinski definition) is 1. The average Bonchev–Trinajstić information content (AvgIpc) is 3.34. The summed E-state index contributed by atoms with van der Waals surface area (Å²) in [6, 6.07) is 7.52. The van der Waals surface area contributed by atoms with Crippen LogP contribution in [-0.4, -0.2) is 67.0 Å². The SMILES string of the molecule is CCOc1ccc(/C(O)=C2/C(=O)C(=O)N(CCN(C)C)C2c2ccco2)c(OCC)c1. The van der Waals surface area contributed by atoms with Gasteiger partial charge in [0.1, 0.15) is 29.1 Å². The number of hydrogen-bond acceptors (Lipinski definition) is 7. The van der Waals surface area contributed by atoms with E-state index in [1.54, 1.807) is 30.3 Å². The lowest BCUT2D eigenvalue weighted by atomic mass is 9.98. The van der Waals surface area contributed by atoms with Gasteiger partial charge in [-0.05, 0) is 52.2 Å². The summed E-state index contributed by atoms with van der Waals surface area (Å²) < 4.78 is 16.7. The smallest absolute Gasteiger partial charge is 0.295 e. The van der Waals surface area contributed by atoms with E-state index in [4.69, 9.17) is 13.9 Å². The molecule has 1 aliphatic rings. The van der Waals surface area contributed by atoms with Crippen molar-refractivity contribution in [1.29, 1.82) is 0 Å². The predicted octanol–water partition coefficient (Wildman–Crippen LogP) is 3.06. The third kappa shape index (κ3) is 4.59. The minimum atomic E-state index is -0.823. The van der Waals surface area contributed by atoms with Crippen LogP contribution in [0.15, 0.2) is 46.6 Å². The molecular formula is C23H28N2O6. The Kier molecular flexibility index (Phi) is 7.02. The quantitative estimate of drug-likeness (QED) is 0.373. The second-order valence-electron chi connectivity index (χ2n) is 7.34. The van der Waals surface area contributed by atoms with Crippen LogP contribution in [0, 0.1) is 0 Å². The van der Waals surface area contributed by atoms with E-state index in [1.165, 1.54) is 11.2 Å². The van der Waals surface area contributed by atoms with E-state index in [2.05, 4.69) is 0 Å². The third-order valence-corrected chi connectivity index (χ3v) is 4.96. The average molecular weight is 428 g/mol. The van der Waals surface area contributed by atoms with E-state index in [0.717, 1.165) is 0 Å². The summed E-state index contributed by atoms with van der Waals surface area (Å²) in [5.41, 5.74) is 0.288. The molecule has 1 aromatic heterocycles. The number of aliphatic hydroxyl groups is 1. The number of rotatable bonds is 9. The van der Waals surface area contributed by atoms with Gasteiger partial charge >= 0.3 is 0 Å². The molecule has 1 amide bonds. The van der Waals surface area contributed by atoms with Gasteiger partial charge in [-0.25, -0.2) is 0 Å². The van der Waals surface area contributed by atoms with Gasteiger partial charge in [0.2, 0.25) is 0 Å². The largest absolute Gasteiger partial charge is 0.507 e. The van der Waals surface area contributed by atoms with Gasteiger partial charge in [-0.1, -0.05) is 0 Å². The van der Waals surface area contributed by atoms with Gasteiger partial charge in [-0.3, -0.25) is 9.59 Å². The van der Waals surface area contributed by atoms with Crippen LogP contribution in [0.3, 0.4) is 0 Å². The molecule has 3 rings (SSSR count). The predicted molar refractivity (Wildman–Crippen MR) is 115 cm³/mol. The Hall–Kier alpha value is -3.26. The Morgan fingerprint density at radius 2 is 1.90 bits per heavy atom. The lowest BCUT2D eigenvalue weighted by molar-refractivity contribution is -0.140. The van der Waals surface area contributed by atoms with E-state index >= 15 is 0 Å². The van der Waals surface area contributed by atoms with Crippen LogP contribution in [0.5, 0.6) is 11.5 Å². The van der Waals surface area contributed by atoms with Crippen molar-refractivity contribution in [2.45, 2.75) is 19.9 Å². The van der Waals surface area contributed by atoms with Crippen LogP contribution in [0.2, 0.25) is 0 Å². The van der Waals surface area contributed by atoms with E-state index in [9.17, 15) is 14.7 Å². The fourth-order valence-corrected chi connectivity index (χ4v) is 3.54. The molecule has 1 aromatic carbocycles. The van der Waals surface area contributed by atoms with Crippen LogP contribution >= 0.6 is 0 Å². The maximum atomic E-state index is 13.0. The van der Waals surface area contributed by atoms with Gasteiger partial charge in [0.05, 0.1) is 30.6 Å². The Morgan fingerprint density at radius 1 is 1.16 bits per heavy atom. The van der Waals surface area contributed by atoms with E-state index in [1.807, 2.05) is 32.8 Å². The first-order chi connectivity index (χ1) is 14.9. The van der Waals surface area contributed by atoms with Crippen molar-refractivity contribution < 1.29 is 28.6 Å². The van der Waals surface area contributed by atoms with Gasteiger partial charge in [0, 0.05) is 19.2 Å². The molecule has 8 heteroatoms. The highest BCUT2D eigenvalue weighted by Gasteiger charge is 2.47. The monoisotopic (exact) mass is 428 g/mol. The number of nitrogens with zero attached hydrogens (tertiary/aromatic N) is 2. The Bertz CT molecular complexity index is 964. The highest BCUT2D eigenvalue weighted by atomic mass is 16.5. The zero-order valence-electron chi connectivity index (χ0n) is 18.3. The standard InChI is InChI=1S/C23H28N2O6/c1-5-29-15-9-10-16(18(14-15)30-6-2)21(26)19-20(17-8-7-13-31-17)25(12-11-24(3)4)23(28)22(19)27/h7-10,13-14,20,26H,5-6,11-12H2,1-4H3/b21-19-. The molecule has 1 atom stereocenters. The van der Waals surface area contributed by atoms with Crippen molar-refractivity contribution in [2.24, 2.45) is 0 Å². The summed E-state index contributed by atoms with van der Waals surface area (Å²) in [6.45, 7) is 5.38. The molecule has 0 bridgehead atoms. The first-order valence-electron chi connectivity index (χ1n) is 10.3. The topological polar surface area (TPSA) is 92.5 Å². The number of benzene rings is 1. The van der Waals surface area contributed by atoms with Gasteiger partial charge in [-0.2, -0.15) is 0 Å². The number of furan rings is 1. The third-order valence-electron chi connectivity index (χ3n) is 4.96. The molecule has 166 valence electrons. The minimum absolute atomic E-state index is 0.0242. The zero-order valence-corrected chi connectivity index (χ0v) is 18.3. The summed E-state index contributed by atoms with van der Waals surface area (Å²) in [7, 11) is 3.76. The van der Waals surface area contributed by atoms with Gasteiger partial charge in [0.15, 0.2) is 0 Å². The molecule has 0 spiro atoms. The number of likely N-dealkylation sites (N-methyl/N-ethyl adjacent to an activating group) is 1. The number of Topliss-reactive ketones (excluding diaryl/α,β-unsaturated/α-hetero) is 1. The number of ether oxygens (including phenoxy) is 2. The first-order valence-corrected chi connectivity index (χ1v) is 10.3. The highest BCUT2D eigenvalue weighted by molar-refractivity contribution is 6.46. The van der Waals surface area contributed by atoms with Gasteiger partial charge in [0.25, 0.3) is 11.7 Å². The molecule has 0 aliphatic carbocycles. The van der Waals surface area contributed by atoms with Crippen molar-refractivity contribution in [2.75, 3.05) is 40.4 Å². The molecule has 0 radical (unpaired) electrons. The lowest BCUT2D eigenvalue weighted by Gasteiger charge is -2.24. The van der Waals surface area contributed by atoms with Crippen LogP contribution < -0.4 is 9.47 Å². The molecule has 0 saturated carbocycles.